The van der Waals surface area contributed by atoms with Gasteiger partial charge in [-0.05, 0) is 68.9 Å². The van der Waals surface area contributed by atoms with Crippen molar-refractivity contribution in [2.45, 2.75) is 52.5 Å². The molecule has 0 bridgehead atoms. The van der Waals surface area contributed by atoms with Gasteiger partial charge in [-0.15, -0.1) is 11.3 Å². The summed E-state index contributed by atoms with van der Waals surface area (Å²) >= 11 is 1.70. The van der Waals surface area contributed by atoms with Gasteiger partial charge in [-0.25, -0.2) is 4.98 Å². The zero-order chi connectivity index (χ0) is 23.7. The molecule has 1 aliphatic heterocycles. The first-order chi connectivity index (χ1) is 16.6. The lowest BCUT2D eigenvalue weighted by Gasteiger charge is -2.36. The van der Waals surface area contributed by atoms with E-state index < -0.39 is 0 Å². The number of carbonyl (C=O) groups excluding carboxylic acids is 1. The third kappa shape index (κ3) is 4.19. The highest BCUT2D eigenvalue weighted by Crippen LogP contribution is 2.34. The van der Waals surface area contributed by atoms with E-state index in [1.807, 2.05) is 40.7 Å². The molecule has 7 nitrogen and oxygen atoms in total. The molecule has 0 atom stereocenters. The second-order valence-corrected chi connectivity index (χ2v) is 10.1. The summed E-state index contributed by atoms with van der Waals surface area (Å²) in [4.78, 5) is 37.9. The molecule has 1 aromatic carbocycles. The quantitative estimate of drug-likeness (QED) is 0.531. The fourth-order valence-corrected chi connectivity index (χ4v) is 6.29. The number of aromatic nitrogens is 2. The van der Waals surface area contributed by atoms with Crippen LogP contribution in [0.5, 0.6) is 5.75 Å². The smallest absolute Gasteiger partial charge is 0.263 e. The summed E-state index contributed by atoms with van der Waals surface area (Å²) in [6.07, 6.45) is 5.27. The summed E-state index contributed by atoms with van der Waals surface area (Å²) < 4.78 is 7.35. The van der Waals surface area contributed by atoms with Crippen LogP contribution in [0.2, 0.25) is 0 Å². The number of aryl methyl sites for hydroxylation is 2. The molecule has 0 radical (unpaired) electrons. The van der Waals surface area contributed by atoms with E-state index in [-0.39, 0.29) is 11.5 Å². The lowest BCUT2D eigenvalue weighted by molar-refractivity contribution is 0.0746. The van der Waals surface area contributed by atoms with E-state index in [0.717, 1.165) is 47.6 Å². The number of amides is 1. The Morgan fingerprint density at radius 3 is 2.50 bits per heavy atom. The van der Waals surface area contributed by atoms with Crippen LogP contribution in [-0.2, 0) is 19.4 Å². The van der Waals surface area contributed by atoms with Crippen LogP contribution in [0.15, 0.2) is 29.1 Å². The minimum Gasteiger partial charge on any atom is -0.494 e. The van der Waals surface area contributed by atoms with Crippen molar-refractivity contribution in [2.75, 3.05) is 37.7 Å². The molecule has 1 aliphatic carbocycles. The molecule has 1 fully saturated rings. The van der Waals surface area contributed by atoms with E-state index in [1.165, 1.54) is 16.9 Å². The first-order valence-corrected chi connectivity index (χ1v) is 13.2. The van der Waals surface area contributed by atoms with E-state index in [9.17, 15) is 9.59 Å². The average Bonchev–Trinajstić information content (AvgIpc) is 3.25. The molecule has 0 N–H and O–H groups in total. The number of carbonyl (C=O) groups is 1. The van der Waals surface area contributed by atoms with Gasteiger partial charge < -0.3 is 14.5 Å². The molecule has 3 heterocycles. The largest absolute Gasteiger partial charge is 0.494 e. The minimum absolute atomic E-state index is 0.0305. The van der Waals surface area contributed by atoms with Crippen molar-refractivity contribution in [1.82, 2.24) is 14.5 Å². The van der Waals surface area contributed by atoms with Crippen molar-refractivity contribution < 1.29 is 9.53 Å². The summed E-state index contributed by atoms with van der Waals surface area (Å²) in [5, 5.41) is 0.848. The first-order valence-electron chi connectivity index (χ1n) is 12.4. The van der Waals surface area contributed by atoms with Crippen LogP contribution in [0.3, 0.4) is 0 Å². The Morgan fingerprint density at radius 2 is 1.79 bits per heavy atom. The molecule has 34 heavy (non-hydrogen) atoms. The molecule has 1 amide bonds. The van der Waals surface area contributed by atoms with Crippen molar-refractivity contribution in [3.05, 3.63) is 50.6 Å². The van der Waals surface area contributed by atoms with Crippen LogP contribution in [0.4, 0.5) is 5.95 Å². The highest BCUT2D eigenvalue weighted by Gasteiger charge is 2.27. The van der Waals surface area contributed by atoms with E-state index in [4.69, 9.17) is 9.72 Å². The Hall–Kier alpha value is -2.87. The number of piperazine rings is 1. The van der Waals surface area contributed by atoms with Crippen LogP contribution >= 0.6 is 11.3 Å². The SMILES string of the molecule is CCCn1c(N2CCN(C(=O)c3ccc(OCC)cc3)CC2)nc2sc3c(c2c1=O)CCCC3. The first kappa shape index (κ1) is 22.9. The topological polar surface area (TPSA) is 67.7 Å². The molecule has 2 aromatic heterocycles. The molecule has 5 rings (SSSR count). The van der Waals surface area contributed by atoms with Crippen LogP contribution in [0.25, 0.3) is 10.2 Å². The Balaban J connectivity index is 1.37. The molecular formula is C26H32N4O3S. The second kappa shape index (κ2) is 9.78. The third-order valence-corrected chi connectivity index (χ3v) is 7.95. The summed E-state index contributed by atoms with van der Waals surface area (Å²) in [6, 6.07) is 7.34. The maximum Gasteiger partial charge on any atom is 0.263 e. The second-order valence-electron chi connectivity index (χ2n) is 9.00. The zero-order valence-corrected chi connectivity index (χ0v) is 20.8. The number of ether oxygens (including phenoxy) is 1. The molecule has 0 saturated carbocycles. The van der Waals surface area contributed by atoms with Gasteiger partial charge in [0.25, 0.3) is 11.5 Å². The van der Waals surface area contributed by atoms with E-state index in [2.05, 4.69) is 11.8 Å². The summed E-state index contributed by atoms with van der Waals surface area (Å²) in [5.74, 6) is 1.56. The zero-order valence-electron chi connectivity index (χ0n) is 20.0. The third-order valence-electron chi connectivity index (χ3n) is 6.76. The van der Waals surface area contributed by atoms with Crippen LogP contribution < -0.4 is 15.2 Å². The summed E-state index contributed by atoms with van der Waals surface area (Å²) in [7, 11) is 0. The number of anilines is 1. The number of hydrogen-bond acceptors (Lipinski definition) is 6. The molecule has 0 spiro atoms. The van der Waals surface area contributed by atoms with E-state index in [1.54, 1.807) is 11.3 Å². The normalized spacial score (nSPS) is 16.1. The van der Waals surface area contributed by atoms with E-state index in [0.29, 0.717) is 44.9 Å². The molecule has 8 heteroatoms. The number of fused-ring (bicyclic) bond motifs is 3. The van der Waals surface area contributed by atoms with Gasteiger partial charge in [-0.3, -0.25) is 14.2 Å². The predicted octanol–water partition coefficient (Wildman–Crippen LogP) is 4.11. The van der Waals surface area contributed by atoms with Crippen molar-refractivity contribution in [1.29, 1.82) is 0 Å². The summed E-state index contributed by atoms with van der Waals surface area (Å²) in [5.41, 5.74) is 2.02. The van der Waals surface area contributed by atoms with Crippen molar-refractivity contribution in [3.63, 3.8) is 0 Å². The molecule has 3 aromatic rings. The van der Waals surface area contributed by atoms with Gasteiger partial charge in [0.15, 0.2) is 0 Å². The fraction of sp³-hybridized carbons (Fsp3) is 0.500. The molecule has 0 unspecified atom stereocenters. The Morgan fingerprint density at radius 1 is 1.06 bits per heavy atom. The Kier molecular flexibility index (Phi) is 6.59. The number of thiophene rings is 1. The predicted molar refractivity (Wildman–Crippen MR) is 137 cm³/mol. The van der Waals surface area contributed by atoms with Crippen molar-refractivity contribution in [3.8, 4) is 5.75 Å². The van der Waals surface area contributed by atoms with Crippen LogP contribution in [-0.4, -0.2) is 53.1 Å². The lowest BCUT2D eigenvalue weighted by atomic mass is 9.97. The molecule has 180 valence electrons. The maximum absolute atomic E-state index is 13.6. The highest BCUT2D eigenvalue weighted by atomic mass is 32.1. The van der Waals surface area contributed by atoms with Crippen LogP contribution in [0, 0.1) is 0 Å². The van der Waals surface area contributed by atoms with E-state index >= 15 is 0 Å². The Labute approximate surface area is 204 Å². The van der Waals surface area contributed by atoms with Gasteiger partial charge in [-0.2, -0.15) is 0 Å². The van der Waals surface area contributed by atoms with Gasteiger partial charge in [0.1, 0.15) is 10.6 Å². The maximum atomic E-state index is 13.6. The number of benzene rings is 1. The minimum atomic E-state index is 0.0305. The van der Waals surface area contributed by atoms with Crippen molar-refractivity contribution in [2.24, 2.45) is 0 Å². The monoisotopic (exact) mass is 480 g/mol. The van der Waals surface area contributed by atoms with Gasteiger partial charge in [0.2, 0.25) is 5.95 Å². The van der Waals surface area contributed by atoms with Crippen LogP contribution in [0.1, 0.15) is 53.9 Å². The summed E-state index contributed by atoms with van der Waals surface area (Å²) in [6.45, 7) is 7.83. The lowest BCUT2D eigenvalue weighted by Crippen LogP contribution is -2.50. The van der Waals surface area contributed by atoms with Gasteiger partial charge in [0.05, 0.1) is 12.0 Å². The van der Waals surface area contributed by atoms with Gasteiger partial charge in [-0.1, -0.05) is 6.92 Å². The van der Waals surface area contributed by atoms with Gasteiger partial charge >= 0.3 is 0 Å². The average molecular weight is 481 g/mol. The van der Waals surface area contributed by atoms with Gasteiger partial charge in [0, 0.05) is 43.2 Å². The molecule has 2 aliphatic rings. The number of nitrogens with zero attached hydrogens (tertiary/aromatic N) is 4. The molecule has 1 saturated heterocycles. The molecular weight excluding hydrogens is 448 g/mol. The standard InChI is InChI=1S/C26H32N4O3S/c1-3-13-30-25(32)22-20-7-5-6-8-21(20)34-23(22)27-26(30)29-16-14-28(15-17-29)24(31)18-9-11-19(12-10-18)33-4-2/h9-12H,3-8,13-17H2,1-2H3. The highest BCUT2D eigenvalue weighted by molar-refractivity contribution is 7.18. The Bertz CT molecular complexity index is 1240. The number of hydrogen-bond donors (Lipinski definition) is 0. The fourth-order valence-electron chi connectivity index (χ4n) is 5.05. The van der Waals surface area contributed by atoms with Crippen molar-refractivity contribution >= 4 is 33.4 Å². The number of rotatable bonds is 6.